The molecule has 1 aliphatic carbocycles. The lowest BCUT2D eigenvalue weighted by atomic mass is 9.84. The number of rotatable bonds is 2. The van der Waals surface area contributed by atoms with E-state index in [-0.39, 0.29) is 5.56 Å². The quantitative estimate of drug-likeness (QED) is 0.816. The first-order valence-corrected chi connectivity index (χ1v) is 6.01. The van der Waals surface area contributed by atoms with Crippen molar-refractivity contribution in [1.29, 1.82) is 0 Å². The second-order valence-corrected chi connectivity index (χ2v) is 4.68. The van der Waals surface area contributed by atoms with Crippen molar-refractivity contribution in [3.63, 3.8) is 0 Å². The summed E-state index contributed by atoms with van der Waals surface area (Å²) in [6.07, 6.45) is 5.15. The van der Waals surface area contributed by atoms with E-state index in [4.69, 9.17) is 10.5 Å². The van der Waals surface area contributed by atoms with Gasteiger partial charge < -0.3 is 15.5 Å². The number of nitrogen functional groups attached to an aromatic ring is 1. The first-order chi connectivity index (χ1) is 8.09. The molecule has 0 amide bonds. The predicted molar refractivity (Wildman–Crippen MR) is 65.8 cm³/mol. The van der Waals surface area contributed by atoms with Crippen LogP contribution in [0.5, 0.6) is 0 Å². The Labute approximate surface area is 100 Å². The van der Waals surface area contributed by atoms with Crippen molar-refractivity contribution in [2.24, 2.45) is 0 Å². The topological polar surface area (TPSA) is 81.0 Å². The molecular weight excluding hydrogens is 218 g/mol. The second kappa shape index (κ2) is 4.49. The molecule has 3 N–H and O–H groups in total. The number of aromatic nitrogens is 2. The Hall–Kier alpha value is -1.36. The summed E-state index contributed by atoms with van der Waals surface area (Å²) in [5, 5.41) is 0. The number of methoxy groups -OCH3 is 1. The molecule has 0 aliphatic heterocycles. The fourth-order valence-electron chi connectivity index (χ4n) is 2.43. The summed E-state index contributed by atoms with van der Waals surface area (Å²) in [6.45, 7) is 1.67. The predicted octanol–water partition coefficient (Wildman–Crippen LogP) is 1.47. The van der Waals surface area contributed by atoms with Crippen molar-refractivity contribution in [2.75, 3.05) is 12.8 Å². The van der Waals surface area contributed by atoms with E-state index in [9.17, 15) is 4.79 Å². The zero-order chi connectivity index (χ0) is 12.5. The molecule has 1 saturated carbocycles. The smallest absolute Gasteiger partial charge is 0.255 e. The molecule has 1 heterocycles. The van der Waals surface area contributed by atoms with Crippen LogP contribution in [0, 0.1) is 6.92 Å². The number of nitrogens with two attached hydrogens (primary N) is 1. The number of hydrogen-bond acceptors (Lipinski definition) is 4. The van der Waals surface area contributed by atoms with Crippen LogP contribution in [0.2, 0.25) is 0 Å². The minimum absolute atomic E-state index is 0.172. The molecule has 1 aromatic rings. The minimum atomic E-state index is -0.459. The van der Waals surface area contributed by atoms with Crippen molar-refractivity contribution in [3.8, 4) is 0 Å². The van der Waals surface area contributed by atoms with E-state index in [1.807, 2.05) is 0 Å². The number of anilines is 1. The average Bonchev–Trinajstić information content (AvgIpc) is 2.36. The van der Waals surface area contributed by atoms with E-state index in [1.165, 1.54) is 6.42 Å². The fraction of sp³-hybridized carbons (Fsp3) is 0.667. The van der Waals surface area contributed by atoms with Crippen LogP contribution in [0.15, 0.2) is 4.79 Å². The standard InChI is InChI=1S/C12H19N3O2/c1-8-9(13)14-11(15-10(8)16)12(17-2)6-4-3-5-7-12/h3-7H2,1-2H3,(H3,13,14,15,16). The third-order valence-corrected chi connectivity index (χ3v) is 3.67. The minimum Gasteiger partial charge on any atom is -0.383 e. The van der Waals surface area contributed by atoms with Gasteiger partial charge in [-0.25, -0.2) is 4.98 Å². The highest BCUT2D eigenvalue weighted by atomic mass is 16.5. The molecule has 0 radical (unpaired) electrons. The molecule has 0 saturated heterocycles. The van der Waals surface area contributed by atoms with Gasteiger partial charge in [-0.2, -0.15) is 0 Å². The third-order valence-electron chi connectivity index (χ3n) is 3.67. The molecule has 2 rings (SSSR count). The summed E-state index contributed by atoms with van der Waals surface area (Å²) in [6, 6.07) is 0. The largest absolute Gasteiger partial charge is 0.383 e. The van der Waals surface area contributed by atoms with Crippen molar-refractivity contribution in [2.45, 2.75) is 44.6 Å². The fourth-order valence-corrected chi connectivity index (χ4v) is 2.43. The summed E-state index contributed by atoms with van der Waals surface area (Å²) in [5.41, 5.74) is 5.59. The van der Waals surface area contributed by atoms with Gasteiger partial charge in [0.15, 0.2) is 0 Å². The first-order valence-electron chi connectivity index (χ1n) is 6.01. The Morgan fingerprint density at radius 2 is 2.00 bits per heavy atom. The van der Waals surface area contributed by atoms with E-state index < -0.39 is 5.60 Å². The Balaban J connectivity index is 2.47. The van der Waals surface area contributed by atoms with Crippen LogP contribution in [0.3, 0.4) is 0 Å². The van der Waals surface area contributed by atoms with Crippen LogP contribution in [0.25, 0.3) is 0 Å². The van der Waals surface area contributed by atoms with Crippen molar-refractivity contribution in [1.82, 2.24) is 9.97 Å². The first kappa shape index (κ1) is 12.1. The van der Waals surface area contributed by atoms with E-state index in [0.717, 1.165) is 25.7 Å². The summed E-state index contributed by atoms with van der Waals surface area (Å²) in [5.74, 6) is 0.874. The van der Waals surface area contributed by atoms with Gasteiger partial charge in [-0.15, -0.1) is 0 Å². The second-order valence-electron chi connectivity index (χ2n) is 4.68. The Morgan fingerprint density at radius 3 is 2.53 bits per heavy atom. The SMILES string of the molecule is COC1(c2nc(N)c(C)c(=O)[nH]2)CCCCC1. The number of H-pyrrole nitrogens is 1. The molecular formula is C12H19N3O2. The maximum atomic E-state index is 11.7. The van der Waals surface area contributed by atoms with Gasteiger partial charge in [0.25, 0.3) is 5.56 Å². The highest BCUT2D eigenvalue weighted by Gasteiger charge is 2.36. The highest BCUT2D eigenvalue weighted by molar-refractivity contribution is 5.36. The molecule has 0 atom stereocenters. The van der Waals surface area contributed by atoms with E-state index >= 15 is 0 Å². The molecule has 5 heteroatoms. The van der Waals surface area contributed by atoms with Crippen LogP contribution >= 0.6 is 0 Å². The molecule has 1 fully saturated rings. The maximum Gasteiger partial charge on any atom is 0.255 e. The Kier molecular flexibility index (Phi) is 3.19. The lowest BCUT2D eigenvalue weighted by Gasteiger charge is -2.34. The molecule has 5 nitrogen and oxygen atoms in total. The lowest BCUT2D eigenvalue weighted by molar-refractivity contribution is -0.0515. The number of aromatic amines is 1. The summed E-state index contributed by atoms with van der Waals surface area (Å²) < 4.78 is 5.63. The van der Waals surface area contributed by atoms with E-state index in [0.29, 0.717) is 17.2 Å². The maximum absolute atomic E-state index is 11.7. The van der Waals surface area contributed by atoms with Gasteiger partial charge in [-0.1, -0.05) is 19.3 Å². The Bertz CT molecular complexity index is 461. The van der Waals surface area contributed by atoms with Crippen molar-refractivity contribution >= 4 is 5.82 Å². The normalized spacial score (nSPS) is 19.2. The molecule has 0 spiro atoms. The number of hydrogen-bond donors (Lipinski definition) is 2. The summed E-state index contributed by atoms with van der Waals surface area (Å²) in [7, 11) is 1.67. The van der Waals surface area contributed by atoms with Crippen LogP contribution < -0.4 is 11.3 Å². The van der Waals surface area contributed by atoms with Crippen molar-refractivity contribution in [3.05, 3.63) is 21.7 Å². The molecule has 0 bridgehead atoms. The Morgan fingerprint density at radius 1 is 1.35 bits per heavy atom. The van der Waals surface area contributed by atoms with Crippen LogP contribution in [-0.4, -0.2) is 17.1 Å². The van der Waals surface area contributed by atoms with Crippen LogP contribution in [0.4, 0.5) is 5.82 Å². The summed E-state index contributed by atoms with van der Waals surface area (Å²) in [4.78, 5) is 18.8. The van der Waals surface area contributed by atoms with Gasteiger partial charge in [-0.3, -0.25) is 4.79 Å². The van der Waals surface area contributed by atoms with Crippen molar-refractivity contribution < 1.29 is 4.74 Å². The zero-order valence-corrected chi connectivity index (χ0v) is 10.4. The van der Waals surface area contributed by atoms with Gasteiger partial charge in [0.05, 0.1) is 5.56 Å². The van der Waals surface area contributed by atoms with Crippen LogP contribution in [0.1, 0.15) is 43.5 Å². The van der Waals surface area contributed by atoms with Gasteiger partial charge in [-0.05, 0) is 19.8 Å². The summed E-state index contributed by atoms with van der Waals surface area (Å²) >= 11 is 0. The van der Waals surface area contributed by atoms with E-state index in [1.54, 1.807) is 14.0 Å². The van der Waals surface area contributed by atoms with Gasteiger partial charge in [0.1, 0.15) is 17.2 Å². The van der Waals surface area contributed by atoms with Gasteiger partial charge in [0, 0.05) is 7.11 Å². The number of nitrogens with zero attached hydrogens (tertiary/aromatic N) is 1. The highest BCUT2D eigenvalue weighted by Crippen LogP contribution is 2.38. The monoisotopic (exact) mass is 237 g/mol. The number of nitrogens with one attached hydrogen (secondary N) is 1. The average molecular weight is 237 g/mol. The molecule has 1 aromatic heterocycles. The zero-order valence-electron chi connectivity index (χ0n) is 10.4. The molecule has 17 heavy (non-hydrogen) atoms. The lowest BCUT2D eigenvalue weighted by Crippen LogP contribution is -2.36. The molecule has 0 unspecified atom stereocenters. The number of ether oxygens (including phenoxy) is 1. The van der Waals surface area contributed by atoms with E-state index in [2.05, 4.69) is 9.97 Å². The van der Waals surface area contributed by atoms with Gasteiger partial charge in [0.2, 0.25) is 0 Å². The third kappa shape index (κ3) is 2.07. The molecule has 94 valence electrons. The molecule has 0 aromatic carbocycles. The molecule has 1 aliphatic rings. The van der Waals surface area contributed by atoms with Crippen LogP contribution in [-0.2, 0) is 10.3 Å². The van der Waals surface area contributed by atoms with Gasteiger partial charge >= 0.3 is 0 Å².